The predicted octanol–water partition coefficient (Wildman–Crippen LogP) is -0.0240. The number of carbonyl (C=O) groups excluding carboxylic acids is 1. The zero-order chi connectivity index (χ0) is 8.55. The molecule has 0 aliphatic rings. The minimum absolute atomic E-state index is 0.0141. The number of tetrazole rings is 1. The summed E-state index contributed by atoms with van der Waals surface area (Å²) >= 11 is 0. The first-order valence-corrected chi connectivity index (χ1v) is 3.61. The van der Waals surface area contributed by atoms with E-state index in [1.807, 2.05) is 0 Å². The van der Waals surface area contributed by atoms with Crippen LogP contribution in [0.4, 0.5) is 0 Å². The highest BCUT2D eigenvalue weighted by Crippen LogP contribution is 1.99. The Morgan fingerprint density at radius 2 is 2.42 bits per heavy atom. The molecule has 0 bridgehead atoms. The van der Waals surface area contributed by atoms with Crippen LogP contribution in [0.15, 0.2) is 12.4 Å². The van der Waals surface area contributed by atoms with Crippen LogP contribution in [0.1, 0.15) is 18.1 Å². The van der Waals surface area contributed by atoms with Crippen molar-refractivity contribution < 1.29 is 4.79 Å². The van der Waals surface area contributed by atoms with E-state index < -0.39 is 0 Å². The second kappa shape index (κ2) is 2.40. The second-order valence-electron chi connectivity index (χ2n) is 2.34. The minimum atomic E-state index is -0.0141. The number of nitrogens with zero attached hydrogens (tertiary/aromatic N) is 5. The number of imidazole rings is 1. The lowest BCUT2D eigenvalue weighted by molar-refractivity contribution is 0.0913. The van der Waals surface area contributed by atoms with E-state index in [4.69, 9.17) is 0 Å². The molecule has 0 aliphatic carbocycles. The van der Waals surface area contributed by atoms with Crippen molar-refractivity contribution >= 4 is 11.7 Å². The van der Waals surface area contributed by atoms with Crippen molar-refractivity contribution in [3.63, 3.8) is 0 Å². The monoisotopic (exact) mass is 165 g/mol. The average Bonchev–Trinajstić information content (AvgIpc) is 2.62. The van der Waals surface area contributed by atoms with Crippen molar-refractivity contribution in [3.8, 4) is 0 Å². The molecule has 0 fully saturated rings. The molecule has 2 rings (SSSR count). The Labute approximate surface area is 67.8 Å². The van der Waals surface area contributed by atoms with Crippen LogP contribution >= 0.6 is 0 Å². The van der Waals surface area contributed by atoms with Gasteiger partial charge in [0.2, 0.25) is 5.91 Å². The van der Waals surface area contributed by atoms with Gasteiger partial charge in [-0.05, 0) is 10.4 Å². The molecule has 0 N–H and O–H groups in total. The lowest BCUT2D eigenvalue weighted by Gasteiger charge is -1.94. The van der Waals surface area contributed by atoms with Crippen molar-refractivity contribution in [1.29, 1.82) is 0 Å². The van der Waals surface area contributed by atoms with Crippen LogP contribution in [0.2, 0.25) is 0 Å². The molecule has 62 valence electrons. The molecule has 2 aromatic rings. The Morgan fingerprint density at radius 3 is 3.17 bits per heavy atom. The molecule has 0 amide bonds. The molecule has 2 heterocycles. The highest BCUT2D eigenvalue weighted by molar-refractivity contribution is 5.81. The topological polar surface area (TPSA) is 65.1 Å². The second-order valence-corrected chi connectivity index (χ2v) is 2.34. The first-order chi connectivity index (χ1) is 5.83. The summed E-state index contributed by atoms with van der Waals surface area (Å²) in [5, 5.41) is 10.8. The van der Waals surface area contributed by atoms with Crippen LogP contribution < -0.4 is 0 Å². The fourth-order valence-corrected chi connectivity index (χ4v) is 1.01. The maximum absolute atomic E-state index is 11.2. The minimum Gasteiger partial charge on any atom is -0.274 e. The SMILES string of the molecule is CCC(=O)n1ccn2nnnc12. The van der Waals surface area contributed by atoms with Gasteiger partial charge in [0, 0.05) is 12.6 Å². The number of rotatable bonds is 1. The molecule has 0 aliphatic heterocycles. The average molecular weight is 165 g/mol. The van der Waals surface area contributed by atoms with E-state index in [2.05, 4.69) is 15.5 Å². The van der Waals surface area contributed by atoms with Crippen molar-refractivity contribution in [3.05, 3.63) is 12.4 Å². The Morgan fingerprint density at radius 1 is 1.58 bits per heavy atom. The molecule has 0 aromatic carbocycles. The van der Waals surface area contributed by atoms with Crippen LogP contribution in [0, 0.1) is 0 Å². The molecule has 0 saturated carbocycles. The summed E-state index contributed by atoms with van der Waals surface area (Å²) in [6.07, 6.45) is 3.71. The number of aromatic nitrogens is 5. The van der Waals surface area contributed by atoms with Gasteiger partial charge in [-0.1, -0.05) is 12.0 Å². The maximum Gasteiger partial charge on any atom is 0.260 e. The number of fused-ring (bicyclic) bond motifs is 1. The van der Waals surface area contributed by atoms with E-state index in [0.29, 0.717) is 12.2 Å². The van der Waals surface area contributed by atoms with E-state index in [-0.39, 0.29) is 5.91 Å². The third-order valence-electron chi connectivity index (χ3n) is 1.62. The lowest BCUT2D eigenvalue weighted by atomic mass is 10.4. The molecule has 6 nitrogen and oxygen atoms in total. The van der Waals surface area contributed by atoms with Gasteiger partial charge in [-0.15, -0.1) is 0 Å². The van der Waals surface area contributed by atoms with Crippen LogP contribution in [0.3, 0.4) is 0 Å². The molecule has 0 spiro atoms. The largest absolute Gasteiger partial charge is 0.274 e. The zero-order valence-electron chi connectivity index (χ0n) is 6.51. The van der Waals surface area contributed by atoms with Gasteiger partial charge in [-0.2, -0.15) is 4.52 Å². The van der Waals surface area contributed by atoms with Gasteiger partial charge in [0.25, 0.3) is 5.78 Å². The summed E-state index contributed by atoms with van der Waals surface area (Å²) in [6.45, 7) is 1.79. The smallest absolute Gasteiger partial charge is 0.260 e. The Kier molecular flexibility index (Phi) is 1.39. The van der Waals surface area contributed by atoms with E-state index in [1.54, 1.807) is 19.3 Å². The summed E-state index contributed by atoms with van der Waals surface area (Å²) in [5.74, 6) is 0.446. The molecule has 0 atom stereocenters. The van der Waals surface area contributed by atoms with Gasteiger partial charge in [-0.25, -0.2) is 0 Å². The normalized spacial score (nSPS) is 10.8. The molecule has 2 aromatic heterocycles. The molecule has 0 unspecified atom stereocenters. The van der Waals surface area contributed by atoms with E-state index in [1.165, 1.54) is 9.08 Å². The van der Waals surface area contributed by atoms with Gasteiger partial charge in [0.1, 0.15) is 0 Å². The van der Waals surface area contributed by atoms with Crippen LogP contribution in [-0.4, -0.2) is 30.5 Å². The van der Waals surface area contributed by atoms with Gasteiger partial charge in [0.05, 0.1) is 6.20 Å². The Balaban J connectivity index is 2.61. The molecule has 0 radical (unpaired) electrons. The van der Waals surface area contributed by atoms with Crippen molar-refractivity contribution in [2.75, 3.05) is 0 Å². The zero-order valence-corrected chi connectivity index (χ0v) is 6.51. The molecule has 6 heteroatoms. The maximum atomic E-state index is 11.2. The fourth-order valence-electron chi connectivity index (χ4n) is 1.01. The summed E-state index contributed by atoms with van der Waals surface area (Å²) in [7, 11) is 0. The van der Waals surface area contributed by atoms with Crippen molar-refractivity contribution in [2.24, 2.45) is 0 Å². The molecule has 0 saturated heterocycles. The van der Waals surface area contributed by atoms with Gasteiger partial charge in [0.15, 0.2) is 0 Å². The molecular weight excluding hydrogens is 158 g/mol. The van der Waals surface area contributed by atoms with E-state index >= 15 is 0 Å². The molecule has 12 heavy (non-hydrogen) atoms. The van der Waals surface area contributed by atoms with Crippen molar-refractivity contribution in [2.45, 2.75) is 13.3 Å². The van der Waals surface area contributed by atoms with Gasteiger partial charge < -0.3 is 0 Å². The number of carbonyl (C=O) groups is 1. The summed E-state index contributed by atoms with van der Waals surface area (Å²) in [4.78, 5) is 11.2. The third-order valence-corrected chi connectivity index (χ3v) is 1.62. The first-order valence-electron chi connectivity index (χ1n) is 3.61. The standard InChI is InChI=1S/C6H7N5O/c1-2-5(12)10-3-4-11-6(10)7-8-9-11/h3-4H,2H2,1H3. The summed E-state index contributed by atoms with van der Waals surface area (Å²) in [6, 6.07) is 0. The Hall–Kier alpha value is -1.72. The third kappa shape index (κ3) is 0.810. The molecular formula is C6H7N5O. The highest BCUT2D eigenvalue weighted by atomic mass is 16.2. The summed E-state index contributed by atoms with van der Waals surface area (Å²) in [5.41, 5.74) is 0. The quantitative estimate of drug-likeness (QED) is 0.595. The number of hydrogen-bond donors (Lipinski definition) is 0. The van der Waals surface area contributed by atoms with Crippen LogP contribution in [0.25, 0.3) is 5.78 Å². The van der Waals surface area contributed by atoms with E-state index in [0.717, 1.165) is 0 Å². The van der Waals surface area contributed by atoms with Gasteiger partial charge >= 0.3 is 0 Å². The number of hydrogen-bond acceptors (Lipinski definition) is 4. The Bertz CT molecular complexity index is 414. The highest BCUT2D eigenvalue weighted by Gasteiger charge is 2.08. The predicted molar refractivity (Wildman–Crippen MR) is 39.7 cm³/mol. The fraction of sp³-hybridized carbons (Fsp3) is 0.333. The first kappa shape index (κ1) is 6.96. The van der Waals surface area contributed by atoms with E-state index in [9.17, 15) is 4.79 Å². The lowest BCUT2D eigenvalue weighted by Crippen LogP contribution is -2.07. The van der Waals surface area contributed by atoms with Crippen LogP contribution in [-0.2, 0) is 0 Å². The van der Waals surface area contributed by atoms with Crippen LogP contribution in [0.5, 0.6) is 0 Å². The summed E-state index contributed by atoms with van der Waals surface area (Å²) < 4.78 is 2.88. The van der Waals surface area contributed by atoms with Crippen molar-refractivity contribution in [1.82, 2.24) is 24.6 Å². The van der Waals surface area contributed by atoms with Gasteiger partial charge in [-0.3, -0.25) is 9.36 Å².